The summed E-state index contributed by atoms with van der Waals surface area (Å²) in [6.07, 6.45) is 2.56. The summed E-state index contributed by atoms with van der Waals surface area (Å²) in [6, 6.07) is 3.87. The predicted molar refractivity (Wildman–Crippen MR) is 109 cm³/mol. The van der Waals surface area contributed by atoms with Crippen LogP contribution in [0.1, 0.15) is 67.2 Å². The van der Waals surface area contributed by atoms with E-state index in [1.807, 2.05) is 12.1 Å². The summed E-state index contributed by atoms with van der Waals surface area (Å²) in [5.74, 6) is -1.27. The first-order valence-electron chi connectivity index (χ1n) is 10.1. The van der Waals surface area contributed by atoms with Crippen LogP contribution in [0.15, 0.2) is 22.5 Å². The van der Waals surface area contributed by atoms with E-state index in [4.69, 9.17) is 9.47 Å². The number of carbonyl (C=O) groups excluding carboxylic acids is 2. The van der Waals surface area contributed by atoms with Gasteiger partial charge in [-0.25, -0.2) is 9.59 Å². The van der Waals surface area contributed by atoms with E-state index in [1.54, 1.807) is 41.5 Å². The van der Waals surface area contributed by atoms with Crippen molar-refractivity contribution in [2.24, 2.45) is 0 Å². The Morgan fingerprint density at radius 3 is 1.40 bits per heavy atom. The third-order valence-electron chi connectivity index (χ3n) is 4.65. The lowest BCUT2D eigenvalue weighted by Gasteiger charge is -2.22. The van der Waals surface area contributed by atoms with Crippen LogP contribution in [-0.2, 0) is 19.1 Å². The van der Waals surface area contributed by atoms with Crippen molar-refractivity contribution in [3.05, 3.63) is 22.5 Å². The number of allylic oxidation sites excluding steroid dienone is 2. The van der Waals surface area contributed by atoms with Crippen molar-refractivity contribution in [2.45, 2.75) is 90.5 Å². The van der Waals surface area contributed by atoms with Crippen LogP contribution in [0.3, 0.4) is 0 Å². The molecule has 0 aromatic carbocycles. The molecule has 2 atom stereocenters. The molecule has 2 rings (SSSR count). The number of nitriles is 2. The second-order valence-corrected chi connectivity index (χ2v) is 9.51. The molecular formula is C22H30N4O4. The molecule has 8 heteroatoms. The Labute approximate surface area is 177 Å². The van der Waals surface area contributed by atoms with Crippen LogP contribution in [0.2, 0.25) is 0 Å². The molecule has 30 heavy (non-hydrogen) atoms. The Morgan fingerprint density at radius 2 is 1.13 bits per heavy atom. The maximum atomic E-state index is 12.3. The Morgan fingerprint density at radius 1 is 0.800 bits per heavy atom. The molecule has 0 saturated carbocycles. The molecule has 2 fully saturated rings. The summed E-state index contributed by atoms with van der Waals surface area (Å²) in [7, 11) is 0. The number of nitrogens with one attached hydrogen (secondary N) is 2. The highest BCUT2D eigenvalue weighted by molar-refractivity contribution is 5.94. The number of carbonyl (C=O) groups is 2. The van der Waals surface area contributed by atoms with Gasteiger partial charge in [0.05, 0.1) is 0 Å². The molecule has 0 unspecified atom stereocenters. The fourth-order valence-corrected chi connectivity index (χ4v) is 3.46. The van der Waals surface area contributed by atoms with Crippen molar-refractivity contribution >= 4 is 11.9 Å². The standard InChI is InChI=1S/C22H30N4O4/c1-21(2,3)29-19(27)13(11-23)15-7-9-17(25-15)18-10-8-16(26-18)14(12-24)20(28)30-22(4,5)6/h17-18,25-26H,7-10H2,1-6H3/b15-13+,16-14+/t17-,18-/m0/s1. The number of nitrogens with zero attached hydrogens (tertiary/aromatic N) is 2. The highest BCUT2D eigenvalue weighted by Crippen LogP contribution is 2.29. The number of hydrogen-bond donors (Lipinski definition) is 2. The van der Waals surface area contributed by atoms with Crippen molar-refractivity contribution < 1.29 is 19.1 Å². The van der Waals surface area contributed by atoms with E-state index in [9.17, 15) is 20.1 Å². The van der Waals surface area contributed by atoms with Gasteiger partial charge in [0.25, 0.3) is 0 Å². The topological polar surface area (TPSA) is 124 Å². The Hall–Kier alpha value is -3.00. The lowest BCUT2D eigenvalue weighted by molar-refractivity contribution is -0.150. The van der Waals surface area contributed by atoms with Crippen LogP contribution in [0, 0.1) is 22.7 Å². The number of hydrogen-bond acceptors (Lipinski definition) is 8. The van der Waals surface area contributed by atoms with Crippen LogP contribution in [0.25, 0.3) is 0 Å². The van der Waals surface area contributed by atoms with Crippen LogP contribution in [0.4, 0.5) is 0 Å². The van der Waals surface area contributed by atoms with Gasteiger partial charge < -0.3 is 20.1 Å². The summed E-state index contributed by atoms with van der Waals surface area (Å²) in [5.41, 5.74) is -0.229. The third-order valence-corrected chi connectivity index (χ3v) is 4.65. The molecule has 0 aliphatic carbocycles. The quantitative estimate of drug-likeness (QED) is 0.410. The summed E-state index contributed by atoms with van der Waals surface area (Å²) in [6.45, 7) is 10.5. The Bertz CT molecular complexity index is 788. The second kappa shape index (κ2) is 8.79. The molecule has 2 saturated heterocycles. The molecule has 0 spiro atoms. The molecule has 162 valence electrons. The monoisotopic (exact) mass is 414 g/mol. The van der Waals surface area contributed by atoms with Gasteiger partial charge in [0.15, 0.2) is 11.1 Å². The van der Waals surface area contributed by atoms with Gasteiger partial charge in [-0.2, -0.15) is 10.5 Å². The maximum Gasteiger partial charge on any atom is 0.351 e. The van der Waals surface area contributed by atoms with Crippen molar-refractivity contribution in [2.75, 3.05) is 0 Å². The van der Waals surface area contributed by atoms with Crippen LogP contribution in [0.5, 0.6) is 0 Å². The van der Waals surface area contributed by atoms with Crippen LogP contribution >= 0.6 is 0 Å². The number of esters is 2. The highest BCUT2D eigenvalue weighted by Gasteiger charge is 2.35. The van der Waals surface area contributed by atoms with E-state index < -0.39 is 23.1 Å². The minimum Gasteiger partial charge on any atom is -0.456 e. The molecule has 2 aliphatic heterocycles. The van der Waals surface area contributed by atoms with Gasteiger partial charge in [0, 0.05) is 23.5 Å². The average Bonchev–Trinajstić information content (AvgIpc) is 3.22. The summed E-state index contributed by atoms with van der Waals surface area (Å²) in [5, 5.41) is 25.4. The van der Waals surface area contributed by atoms with Gasteiger partial charge in [-0.3, -0.25) is 0 Å². The first-order chi connectivity index (χ1) is 13.8. The second-order valence-electron chi connectivity index (χ2n) is 9.51. The minimum atomic E-state index is -0.681. The number of ether oxygens (including phenoxy) is 2. The van der Waals surface area contributed by atoms with Gasteiger partial charge in [-0.15, -0.1) is 0 Å². The molecule has 0 radical (unpaired) electrons. The molecule has 2 N–H and O–H groups in total. The average molecular weight is 415 g/mol. The van der Waals surface area contributed by atoms with Crippen molar-refractivity contribution in [3.8, 4) is 12.1 Å². The zero-order chi connectivity index (χ0) is 22.7. The molecule has 0 amide bonds. The molecule has 2 heterocycles. The molecular weight excluding hydrogens is 384 g/mol. The summed E-state index contributed by atoms with van der Waals surface area (Å²) >= 11 is 0. The first kappa shape index (κ1) is 23.3. The fourth-order valence-electron chi connectivity index (χ4n) is 3.46. The van der Waals surface area contributed by atoms with Crippen molar-refractivity contribution in [3.63, 3.8) is 0 Å². The minimum absolute atomic E-state index is 0.00680. The summed E-state index contributed by atoms with van der Waals surface area (Å²) in [4.78, 5) is 24.6. The molecule has 0 aromatic rings. The van der Waals surface area contributed by atoms with Gasteiger partial charge in [-0.05, 0) is 67.2 Å². The van der Waals surface area contributed by atoms with E-state index in [-0.39, 0.29) is 23.2 Å². The van der Waals surface area contributed by atoms with Crippen LogP contribution in [-0.4, -0.2) is 35.2 Å². The Kier molecular flexibility index (Phi) is 6.82. The van der Waals surface area contributed by atoms with Gasteiger partial charge >= 0.3 is 11.9 Å². The Balaban J connectivity index is 2.11. The van der Waals surface area contributed by atoms with Crippen molar-refractivity contribution in [1.29, 1.82) is 10.5 Å². The zero-order valence-corrected chi connectivity index (χ0v) is 18.5. The van der Waals surface area contributed by atoms with E-state index in [1.165, 1.54) is 0 Å². The van der Waals surface area contributed by atoms with Crippen LogP contribution < -0.4 is 10.6 Å². The highest BCUT2D eigenvalue weighted by atomic mass is 16.6. The van der Waals surface area contributed by atoms with E-state index in [0.717, 1.165) is 12.8 Å². The number of rotatable bonds is 3. The summed E-state index contributed by atoms with van der Waals surface area (Å²) < 4.78 is 10.6. The normalized spacial score (nSPS) is 24.7. The first-order valence-corrected chi connectivity index (χ1v) is 10.1. The van der Waals surface area contributed by atoms with Crippen molar-refractivity contribution in [1.82, 2.24) is 10.6 Å². The lowest BCUT2D eigenvalue weighted by Crippen LogP contribution is -2.41. The SMILES string of the molecule is CC(C)(C)OC(=O)/C(C#N)=C1\CC[C@@H]([C@@H]2CC/C(=C(/C#N)C(=O)OC(C)(C)C)N2)N1. The molecule has 0 aromatic heterocycles. The van der Waals surface area contributed by atoms with E-state index in [2.05, 4.69) is 10.6 Å². The molecule has 8 nitrogen and oxygen atoms in total. The van der Waals surface area contributed by atoms with Gasteiger partial charge in [0.1, 0.15) is 23.3 Å². The largest absolute Gasteiger partial charge is 0.456 e. The lowest BCUT2D eigenvalue weighted by atomic mass is 10.0. The van der Waals surface area contributed by atoms with E-state index in [0.29, 0.717) is 24.2 Å². The smallest absolute Gasteiger partial charge is 0.351 e. The van der Waals surface area contributed by atoms with E-state index >= 15 is 0 Å². The zero-order valence-electron chi connectivity index (χ0n) is 18.5. The molecule has 0 bridgehead atoms. The maximum absolute atomic E-state index is 12.3. The fraction of sp³-hybridized carbons (Fsp3) is 0.636. The predicted octanol–water partition coefficient (Wildman–Crippen LogP) is 2.73. The molecule has 2 aliphatic rings. The van der Waals surface area contributed by atoms with Gasteiger partial charge in [0.2, 0.25) is 0 Å². The van der Waals surface area contributed by atoms with Gasteiger partial charge in [-0.1, -0.05) is 0 Å². The third kappa shape index (κ3) is 6.00.